The van der Waals surface area contributed by atoms with Crippen LogP contribution >= 0.6 is 0 Å². The van der Waals surface area contributed by atoms with Gasteiger partial charge in [0.2, 0.25) is 0 Å². The van der Waals surface area contributed by atoms with E-state index in [0.717, 1.165) is 27.6 Å². The SMILES string of the molecule is O=C(NO)C(Cc1ccccc1)n1ncc2cc(-c3ccccc3)ccc21. The van der Waals surface area contributed by atoms with Crippen LogP contribution in [0.3, 0.4) is 0 Å². The highest BCUT2D eigenvalue weighted by molar-refractivity contribution is 5.87. The number of hydroxylamine groups is 1. The molecule has 1 aromatic heterocycles. The lowest BCUT2D eigenvalue weighted by Crippen LogP contribution is -2.32. The van der Waals surface area contributed by atoms with E-state index in [1.165, 1.54) is 0 Å². The normalized spacial score (nSPS) is 12.0. The van der Waals surface area contributed by atoms with Gasteiger partial charge in [0, 0.05) is 11.8 Å². The zero-order chi connectivity index (χ0) is 18.6. The van der Waals surface area contributed by atoms with Crippen LogP contribution in [0.5, 0.6) is 0 Å². The quantitative estimate of drug-likeness (QED) is 0.419. The molecule has 3 aromatic carbocycles. The summed E-state index contributed by atoms with van der Waals surface area (Å²) >= 11 is 0. The van der Waals surface area contributed by atoms with Crippen molar-refractivity contribution >= 4 is 16.8 Å². The molecule has 0 spiro atoms. The topological polar surface area (TPSA) is 67.2 Å². The van der Waals surface area contributed by atoms with Gasteiger partial charge in [0.15, 0.2) is 0 Å². The highest BCUT2D eigenvalue weighted by Crippen LogP contribution is 2.27. The van der Waals surface area contributed by atoms with Crippen LogP contribution in [0, 0.1) is 0 Å². The molecule has 0 saturated heterocycles. The third-order valence-electron chi connectivity index (χ3n) is 4.68. The molecule has 1 atom stereocenters. The van der Waals surface area contributed by atoms with Gasteiger partial charge in [0.1, 0.15) is 6.04 Å². The Kier molecular flexibility index (Phi) is 4.68. The van der Waals surface area contributed by atoms with E-state index in [2.05, 4.69) is 23.3 Å². The van der Waals surface area contributed by atoms with Gasteiger partial charge < -0.3 is 0 Å². The molecule has 1 unspecified atom stereocenters. The standard InChI is InChI=1S/C22H19N3O2/c26-22(24-27)21(13-16-7-3-1-4-8-16)25-20-12-11-18(14-19(20)15-23-25)17-9-5-2-6-10-17/h1-12,14-15,21,27H,13H2,(H,24,26). The molecule has 1 heterocycles. The minimum absolute atomic E-state index is 0.435. The first kappa shape index (κ1) is 17.0. The number of nitrogens with one attached hydrogen (secondary N) is 1. The number of amides is 1. The maximum atomic E-state index is 12.3. The zero-order valence-corrected chi connectivity index (χ0v) is 14.6. The molecular formula is C22H19N3O2. The number of hydrogen-bond donors (Lipinski definition) is 2. The van der Waals surface area contributed by atoms with Crippen molar-refractivity contribution in [3.63, 3.8) is 0 Å². The molecule has 0 aliphatic rings. The minimum atomic E-state index is -0.641. The highest BCUT2D eigenvalue weighted by Gasteiger charge is 2.23. The van der Waals surface area contributed by atoms with E-state index >= 15 is 0 Å². The van der Waals surface area contributed by atoms with E-state index in [0.29, 0.717) is 6.42 Å². The van der Waals surface area contributed by atoms with Crippen LogP contribution in [-0.2, 0) is 11.2 Å². The van der Waals surface area contributed by atoms with E-state index in [-0.39, 0.29) is 0 Å². The fraction of sp³-hybridized carbons (Fsp3) is 0.0909. The van der Waals surface area contributed by atoms with E-state index in [1.807, 2.05) is 60.7 Å². The Hall–Kier alpha value is -3.44. The fourth-order valence-corrected chi connectivity index (χ4v) is 3.31. The molecule has 27 heavy (non-hydrogen) atoms. The molecule has 2 N–H and O–H groups in total. The summed E-state index contributed by atoms with van der Waals surface area (Å²) < 4.78 is 1.67. The van der Waals surface area contributed by atoms with E-state index in [9.17, 15) is 10.0 Å². The molecule has 134 valence electrons. The van der Waals surface area contributed by atoms with Crippen molar-refractivity contribution in [1.82, 2.24) is 15.3 Å². The van der Waals surface area contributed by atoms with Crippen LogP contribution in [0.1, 0.15) is 11.6 Å². The van der Waals surface area contributed by atoms with Gasteiger partial charge in [0.25, 0.3) is 5.91 Å². The third kappa shape index (κ3) is 3.45. The molecular weight excluding hydrogens is 338 g/mol. The Bertz CT molecular complexity index is 1060. The summed E-state index contributed by atoms with van der Waals surface area (Å²) in [7, 11) is 0. The van der Waals surface area contributed by atoms with E-state index in [1.54, 1.807) is 16.4 Å². The number of nitrogens with zero attached hydrogens (tertiary/aromatic N) is 2. The van der Waals surface area contributed by atoms with Crippen molar-refractivity contribution in [1.29, 1.82) is 0 Å². The lowest BCUT2D eigenvalue weighted by Gasteiger charge is -2.17. The Morgan fingerprint density at radius 1 is 0.963 bits per heavy atom. The van der Waals surface area contributed by atoms with Gasteiger partial charge >= 0.3 is 0 Å². The second-order valence-corrected chi connectivity index (χ2v) is 6.41. The van der Waals surface area contributed by atoms with Gasteiger partial charge in [-0.2, -0.15) is 5.10 Å². The summed E-state index contributed by atoms with van der Waals surface area (Å²) in [5.41, 5.74) is 5.84. The van der Waals surface area contributed by atoms with Crippen LogP contribution in [0.2, 0.25) is 0 Å². The van der Waals surface area contributed by atoms with Crippen LogP contribution in [0.15, 0.2) is 85.1 Å². The van der Waals surface area contributed by atoms with E-state index < -0.39 is 11.9 Å². The van der Waals surface area contributed by atoms with Crippen molar-refractivity contribution in [2.75, 3.05) is 0 Å². The highest BCUT2D eigenvalue weighted by atomic mass is 16.5. The van der Waals surface area contributed by atoms with Gasteiger partial charge in [-0.1, -0.05) is 66.7 Å². The number of fused-ring (bicyclic) bond motifs is 1. The summed E-state index contributed by atoms with van der Waals surface area (Å²) in [6.45, 7) is 0. The molecule has 5 heteroatoms. The molecule has 4 aromatic rings. The van der Waals surface area contributed by atoms with Gasteiger partial charge in [0.05, 0.1) is 11.7 Å². The summed E-state index contributed by atoms with van der Waals surface area (Å²) in [4.78, 5) is 12.3. The molecule has 0 fully saturated rings. The Labute approximate surface area is 156 Å². The van der Waals surface area contributed by atoms with Gasteiger partial charge in [-0.25, -0.2) is 5.48 Å². The molecule has 0 bridgehead atoms. The average molecular weight is 357 g/mol. The number of aromatic nitrogens is 2. The average Bonchev–Trinajstić information content (AvgIpc) is 3.16. The number of rotatable bonds is 5. The van der Waals surface area contributed by atoms with Crippen molar-refractivity contribution in [2.24, 2.45) is 0 Å². The molecule has 1 amide bonds. The van der Waals surface area contributed by atoms with Crippen molar-refractivity contribution in [2.45, 2.75) is 12.5 Å². The van der Waals surface area contributed by atoms with Gasteiger partial charge in [-0.05, 0) is 28.8 Å². The van der Waals surface area contributed by atoms with Crippen LogP contribution < -0.4 is 5.48 Å². The summed E-state index contributed by atoms with van der Waals surface area (Å²) in [6, 6.07) is 25.2. The second-order valence-electron chi connectivity index (χ2n) is 6.41. The monoisotopic (exact) mass is 357 g/mol. The molecule has 0 aliphatic carbocycles. The molecule has 0 aliphatic heterocycles. The predicted octanol–water partition coefficient (Wildman–Crippen LogP) is 3.99. The Balaban J connectivity index is 1.73. The van der Waals surface area contributed by atoms with Gasteiger partial charge in [-0.15, -0.1) is 0 Å². The van der Waals surface area contributed by atoms with Crippen LogP contribution in [0.4, 0.5) is 0 Å². The molecule has 0 saturated carbocycles. The van der Waals surface area contributed by atoms with E-state index in [4.69, 9.17) is 0 Å². The number of hydrogen-bond acceptors (Lipinski definition) is 3. The Morgan fingerprint density at radius 2 is 1.67 bits per heavy atom. The molecule has 5 nitrogen and oxygen atoms in total. The Morgan fingerprint density at radius 3 is 2.37 bits per heavy atom. The first-order valence-corrected chi connectivity index (χ1v) is 8.77. The molecule has 4 rings (SSSR count). The van der Waals surface area contributed by atoms with Crippen LogP contribution in [0.25, 0.3) is 22.0 Å². The summed E-state index contributed by atoms with van der Waals surface area (Å²) in [5.74, 6) is -0.490. The fourth-order valence-electron chi connectivity index (χ4n) is 3.31. The second kappa shape index (κ2) is 7.43. The summed E-state index contributed by atoms with van der Waals surface area (Å²) in [6.07, 6.45) is 2.19. The third-order valence-corrected chi connectivity index (χ3v) is 4.68. The zero-order valence-electron chi connectivity index (χ0n) is 14.6. The van der Waals surface area contributed by atoms with Crippen molar-refractivity contribution in [3.8, 4) is 11.1 Å². The minimum Gasteiger partial charge on any atom is -0.289 e. The largest absolute Gasteiger partial charge is 0.289 e. The first-order valence-electron chi connectivity index (χ1n) is 8.77. The number of carbonyl (C=O) groups is 1. The number of benzene rings is 3. The lowest BCUT2D eigenvalue weighted by molar-refractivity contribution is -0.132. The first-order chi connectivity index (χ1) is 13.3. The van der Waals surface area contributed by atoms with Crippen LogP contribution in [-0.4, -0.2) is 20.9 Å². The predicted molar refractivity (Wildman–Crippen MR) is 104 cm³/mol. The smallest absolute Gasteiger partial charge is 0.268 e. The maximum Gasteiger partial charge on any atom is 0.268 e. The summed E-state index contributed by atoms with van der Waals surface area (Å²) in [5, 5.41) is 14.6. The lowest BCUT2D eigenvalue weighted by atomic mass is 10.0. The van der Waals surface area contributed by atoms with Gasteiger partial charge in [-0.3, -0.25) is 14.7 Å². The number of carbonyl (C=O) groups excluding carboxylic acids is 1. The van der Waals surface area contributed by atoms with Crippen molar-refractivity contribution in [3.05, 3.63) is 90.6 Å². The van der Waals surface area contributed by atoms with Crippen molar-refractivity contribution < 1.29 is 10.0 Å². The molecule has 0 radical (unpaired) electrons. The maximum absolute atomic E-state index is 12.3.